The third-order valence-corrected chi connectivity index (χ3v) is 3.39. The predicted molar refractivity (Wildman–Crippen MR) is 73.5 cm³/mol. The smallest absolute Gasteiger partial charge is 0.119 e. The maximum Gasteiger partial charge on any atom is 0.119 e. The summed E-state index contributed by atoms with van der Waals surface area (Å²) in [5, 5.41) is 0. The third kappa shape index (κ3) is 4.04. The minimum Gasteiger partial charge on any atom is -0.497 e. The van der Waals surface area contributed by atoms with Crippen LogP contribution in [0.5, 0.6) is 5.75 Å². The van der Waals surface area contributed by atoms with E-state index in [1.165, 1.54) is 11.1 Å². The van der Waals surface area contributed by atoms with Crippen molar-refractivity contribution in [2.24, 2.45) is 11.1 Å². The number of methoxy groups -OCH3 is 1. The molecular weight excluding hydrogens is 210 g/mol. The summed E-state index contributed by atoms with van der Waals surface area (Å²) in [4.78, 5) is 0. The number of hydrogen-bond acceptors (Lipinski definition) is 2. The van der Waals surface area contributed by atoms with Crippen LogP contribution in [0.2, 0.25) is 0 Å². The number of rotatable bonds is 4. The minimum atomic E-state index is 0.181. The van der Waals surface area contributed by atoms with E-state index in [0.29, 0.717) is 0 Å². The molecule has 1 aromatic carbocycles. The van der Waals surface area contributed by atoms with Gasteiger partial charge in [0.05, 0.1) is 7.11 Å². The van der Waals surface area contributed by atoms with Gasteiger partial charge in [-0.25, -0.2) is 0 Å². The lowest BCUT2D eigenvalue weighted by molar-refractivity contribution is 0.306. The van der Waals surface area contributed by atoms with Gasteiger partial charge < -0.3 is 10.5 Å². The van der Waals surface area contributed by atoms with Crippen molar-refractivity contribution in [3.8, 4) is 5.75 Å². The zero-order valence-corrected chi connectivity index (χ0v) is 11.7. The third-order valence-electron chi connectivity index (χ3n) is 3.39. The Balaban J connectivity index is 2.64. The summed E-state index contributed by atoms with van der Waals surface area (Å²) < 4.78 is 5.21. The fraction of sp³-hybridized carbons (Fsp3) is 0.600. The highest BCUT2D eigenvalue weighted by Crippen LogP contribution is 2.23. The van der Waals surface area contributed by atoms with Crippen LogP contribution in [0.15, 0.2) is 18.2 Å². The summed E-state index contributed by atoms with van der Waals surface area (Å²) in [7, 11) is 1.70. The molecule has 0 saturated heterocycles. The van der Waals surface area contributed by atoms with Crippen LogP contribution < -0.4 is 10.5 Å². The molecule has 0 amide bonds. The molecule has 0 saturated carbocycles. The van der Waals surface area contributed by atoms with E-state index in [2.05, 4.69) is 39.8 Å². The van der Waals surface area contributed by atoms with Crippen LogP contribution in [0.4, 0.5) is 0 Å². The van der Waals surface area contributed by atoms with E-state index in [4.69, 9.17) is 10.5 Å². The van der Waals surface area contributed by atoms with E-state index in [9.17, 15) is 0 Å². The molecule has 0 aliphatic carbocycles. The Morgan fingerprint density at radius 3 is 2.41 bits per heavy atom. The second-order valence-electron chi connectivity index (χ2n) is 5.80. The van der Waals surface area contributed by atoms with E-state index in [0.717, 1.165) is 18.6 Å². The van der Waals surface area contributed by atoms with Crippen LogP contribution in [0.3, 0.4) is 0 Å². The van der Waals surface area contributed by atoms with Gasteiger partial charge in [0.15, 0.2) is 0 Å². The topological polar surface area (TPSA) is 35.2 Å². The minimum absolute atomic E-state index is 0.181. The Morgan fingerprint density at radius 1 is 1.29 bits per heavy atom. The highest BCUT2D eigenvalue weighted by Gasteiger charge is 2.20. The Kier molecular flexibility index (Phi) is 4.58. The number of benzene rings is 1. The Morgan fingerprint density at radius 2 is 1.94 bits per heavy atom. The van der Waals surface area contributed by atoms with Gasteiger partial charge in [0.2, 0.25) is 0 Å². The van der Waals surface area contributed by atoms with Crippen molar-refractivity contribution in [3.05, 3.63) is 29.3 Å². The molecule has 0 aromatic heterocycles. The van der Waals surface area contributed by atoms with Crippen LogP contribution in [-0.4, -0.2) is 13.2 Å². The summed E-state index contributed by atoms with van der Waals surface area (Å²) >= 11 is 0. The van der Waals surface area contributed by atoms with Gasteiger partial charge in [0, 0.05) is 6.04 Å². The van der Waals surface area contributed by atoms with Crippen LogP contribution in [0.25, 0.3) is 0 Å². The van der Waals surface area contributed by atoms with Gasteiger partial charge >= 0.3 is 0 Å². The first-order valence-electron chi connectivity index (χ1n) is 6.23. The van der Waals surface area contributed by atoms with Gasteiger partial charge in [-0.15, -0.1) is 0 Å². The van der Waals surface area contributed by atoms with Crippen LogP contribution >= 0.6 is 0 Å². The first kappa shape index (κ1) is 14.0. The Hall–Kier alpha value is -1.02. The molecule has 0 aliphatic rings. The zero-order chi connectivity index (χ0) is 13.1. The number of aryl methyl sites for hydroxylation is 2. The van der Waals surface area contributed by atoms with Gasteiger partial charge in [-0.1, -0.05) is 26.8 Å². The molecule has 1 unspecified atom stereocenters. The summed E-state index contributed by atoms with van der Waals surface area (Å²) in [5.74, 6) is 0.923. The average molecular weight is 235 g/mol. The molecule has 17 heavy (non-hydrogen) atoms. The molecule has 1 atom stereocenters. The number of ether oxygens (including phenoxy) is 1. The lowest BCUT2D eigenvalue weighted by Crippen LogP contribution is -2.35. The average Bonchev–Trinajstić information content (AvgIpc) is 2.25. The van der Waals surface area contributed by atoms with Crippen molar-refractivity contribution in [1.82, 2.24) is 0 Å². The molecule has 0 spiro atoms. The molecule has 0 fully saturated rings. The second kappa shape index (κ2) is 5.54. The fourth-order valence-corrected chi connectivity index (χ4v) is 1.82. The quantitative estimate of drug-likeness (QED) is 0.869. The molecule has 96 valence electrons. The standard InChI is InChI=1S/C15H25NO/c1-11-10-13(17-5)8-6-12(11)7-9-14(16)15(2,3)4/h6,8,10,14H,7,9,16H2,1-5H3. The lowest BCUT2D eigenvalue weighted by Gasteiger charge is -2.27. The van der Waals surface area contributed by atoms with Gasteiger partial charge in [-0.3, -0.25) is 0 Å². The zero-order valence-electron chi connectivity index (χ0n) is 11.7. The van der Waals surface area contributed by atoms with Crippen molar-refractivity contribution in [2.75, 3.05) is 7.11 Å². The molecule has 0 aliphatic heterocycles. The van der Waals surface area contributed by atoms with E-state index < -0.39 is 0 Å². The SMILES string of the molecule is COc1ccc(CCC(N)C(C)(C)C)c(C)c1. The summed E-state index contributed by atoms with van der Waals surface area (Å²) in [6.45, 7) is 8.70. The molecule has 0 heterocycles. The van der Waals surface area contributed by atoms with Crippen molar-refractivity contribution in [3.63, 3.8) is 0 Å². The van der Waals surface area contributed by atoms with Gasteiger partial charge in [-0.05, 0) is 48.4 Å². The van der Waals surface area contributed by atoms with E-state index in [-0.39, 0.29) is 11.5 Å². The molecule has 0 bridgehead atoms. The van der Waals surface area contributed by atoms with Crippen molar-refractivity contribution < 1.29 is 4.74 Å². The molecular formula is C15H25NO. The monoisotopic (exact) mass is 235 g/mol. The molecule has 1 rings (SSSR count). The first-order valence-corrected chi connectivity index (χ1v) is 6.23. The number of nitrogens with two attached hydrogens (primary N) is 1. The van der Waals surface area contributed by atoms with Gasteiger partial charge in [-0.2, -0.15) is 0 Å². The van der Waals surface area contributed by atoms with Crippen molar-refractivity contribution >= 4 is 0 Å². The van der Waals surface area contributed by atoms with E-state index in [1.807, 2.05) is 6.07 Å². The fourth-order valence-electron chi connectivity index (χ4n) is 1.82. The largest absolute Gasteiger partial charge is 0.497 e. The highest BCUT2D eigenvalue weighted by atomic mass is 16.5. The molecule has 2 N–H and O–H groups in total. The molecule has 1 aromatic rings. The second-order valence-corrected chi connectivity index (χ2v) is 5.80. The van der Waals surface area contributed by atoms with Crippen LogP contribution in [-0.2, 0) is 6.42 Å². The van der Waals surface area contributed by atoms with Gasteiger partial charge in [0.1, 0.15) is 5.75 Å². The number of hydrogen-bond donors (Lipinski definition) is 1. The van der Waals surface area contributed by atoms with E-state index >= 15 is 0 Å². The lowest BCUT2D eigenvalue weighted by atomic mass is 9.84. The first-order chi connectivity index (χ1) is 7.84. The Bertz CT molecular complexity index is 366. The summed E-state index contributed by atoms with van der Waals surface area (Å²) in [6, 6.07) is 6.48. The molecule has 2 heteroatoms. The Labute approximate surface area is 105 Å². The maximum atomic E-state index is 6.18. The van der Waals surface area contributed by atoms with Gasteiger partial charge in [0.25, 0.3) is 0 Å². The highest BCUT2D eigenvalue weighted by molar-refractivity contribution is 5.34. The summed E-state index contributed by atoms with van der Waals surface area (Å²) in [6.07, 6.45) is 2.06. The van der Waals surface area contributed by atoms with Crippen LogP contribution in [0.1, 0.15) is 38.3 Å². The predicted octanol–water partition coefficient (Wildman–Crippen LogP) is 3.31. The normalized spacial score (nSPS) is 13.5. The van der Waals surface area contributed by atoms with Crippen molar-refractivity contribution in [2.45, 2.75) is 46.6 Å². The van der Waals surface area contributed by atoms with E-state index in [1.54, 1.807) is 7.11 Å². The molecule has 0 radical (unpaired) electrons. The van der Waals surface area contributed by atoms with Crippen LogP contribution in [0, 0.1) is 12.3 Å². The van der Waals surface area contributed by atoms with Crippen molar-refractivity contribution in [1.29, 1.82) is 0 Å². The maximum absolute atomic E-state index is 6.18. The summed E-state index contributed by atoms with van der Waals surface area (Å²) in [5.41, 5.74) is 9.01. The molecule has 2 nitrogen and oxygen atoms in total.